The van der Waals surface area contributed by atoms with Crippen molar-refractivity contribution < 1.29 is 4.52 Å². The van der Waals surface area contributed by atoms with Crippen LogP contribution in [-0.4, -0.2) is 25.0 Å². The molecule has 7 heteroatoms. The van der Waals surface area contributed by atoms with Gasteiger partial charge in [0.25, 0.3) is 0 Å². The first-order valence-corrected chi connectivity index (χ1v) is 7.67. The summed E-state index contributed by atoms with van der Waals surface area (Å²) in [6.07, 6.45) is 4.49. The van der Waals surface area contributed by atoms with E-state index in [1.165, 1.54) is 24.3 Å². The van der Waals surface area contributed by atoms with Crippen LogP contribution in [0.25, 0.3) is 4.96 Å². The van der Waals surface area contributed by atoms with Crippen LogP contribution in [0, 0.1) is 13.8 Å². The van der Waals surface area contributed by atoms with Crippen LogP contribution in [-0.2, 0) is 6.42 Å². The van der Waals surface area contributed by atoms with Crippen molar-refractivity contribution in [1.29, 1.82) is 0 Å². The minimum atomic E-state index is 0.633. The molecule has 0 aliphatic heterocycles. The van der Waals surface area contributed by atoms with Gasteiger partial charge in [0.1, 0.15) is 10.8 Å². The Kier molecular flexibility index (Phi) is 2.63. The molecule has 3 heterocycles. The third kappa shape index (κ3) is 1.76. The summed E-state index contributed by atoms with van der Waals surface area (Å²) in [5.74, 6) is 2.33. The molecule has 0 unspecified atom stereocenters. The van der Waals surface area contributed by atoms with Crippen LogP contribution in [0.4, 0.5) is 0 Å². The predicted molar refractivity (Wildman–Crippen MR) is 74.0 cm³/mol. The highest BCUT2D eigenvalue weighted by molar-refractivity contribution is 7.16. The molecule has 20 heavy (non-hydrogen) atoms. The van der Waals surface area contributed by atoms with Crippen LogP contribution in [0.15, 0.2) is 4.52 Å². The summed E-state index contributed by atoms with van der Waals surface area (Å²) in [7, 11) is 0. The van der Waals surface area contributed by atoms with Gasteiger partial charge in [-0.25, -0.2) is 0 Å². The Bertz CT molecular complexity index is 748. The van der Waals surface area contributed by atoms with Gasteiger partial charge in [-0.1, -0.05) is 22.9 Å². The van der Waals surface area contributed by atoms with E-state index in [0.717, 1.165) is 27.8 Å². The molecule has 1 aliphatic rings. The lowest BCUT2D eigenvalue weighted by Gasteiger charge is -2.21. The molecule has 1 aliphatic carbocycles. The number of fused-ring (bicyclic) bond motifs is 1. The summed E-state index contributed by atoms with van der Waals surface area (Å²) in [6, 6.07) is 0. The van der Waals surface area contributed by atoms with Gasteiger partial charge in [-0.15, -0.1) is 10.2 Å². The van der Waals surface area contributed by atoms with Gasteiger partial charge < -0.3 is 4.52 Å². The summed E-state index contributed by atoms with van der Waals surface area (Å²) in [6.45, 7) is 3.87. The van der Waals surface area contributed by atoms with Crippen molar-refractivity contribution in [2.24, 2.45) is 0 Å². The van der Waals surface area contributed by atoms with Crippen molar-refractivity contribution in [3.8, 4) is 0 Å². The second-order valence-corrected chi connectivity index (χ2v) is 6.35. The zero-order chi connectivity index (χ0) is 13.7. The van der Waals surface area contributed by atoms with Crippen molar-refractivity contribution in [1.82, 2.24) is 25.0 Å². The van der Waals surface area contributed by atoms with E-state index in [0.29, 0.717) is 12.3 Å². The highest BCUT2D eigenvalue weighted by atomic mass is 32.1. The van der Waals surface area contributed by atoms with E-state index >= 15 is 0 Å². The van der Waals surface area contributed by atoms with Gasteiger partial charge in [0.05, 0.1) is 5.69 Å². The highest BCUT2D eigenvalue weighted by Gasteiger charge is 2.25. The summed E-state index contributed by atoms with van der Waals surface area (Å²) in [5, 5.41) is 18.4. The third-order valence-electron chi connectivity index (χ3n) is 4.04. The Labute approximate surface area is 119 Å². The Hall–Kier alpha value is -1.76. The number of hydrogen-bond donors (Lipinski definition) is 0. The largest absolute Gasteiger partial charge is 0.361 e. The minimum absolute atomic E-state index is 0.633. The number of hydrogen-bond acceptors (Lipinski definition) is 6. The second-order valence-electron chi connectivity index (χ2n) is 5.36. The average molecular weight is 289 g/mol. The summed E-state index contributed by atoms with van der Waals surface area (Å²) in [4.78, 5) is 0.883. The predicted octanol–water partition coefficient (Wildman–Crippen LogP) is 2.65. The van der Waals surface area contributed by atoms with Crippen LogP contribution >= 0.6 is 11.3 Å². The molecule has 0 aromatic carbocycles. The molecule has 0 spiro atoms. The molecule has 1 saturated carbocycles. The van der Waals surface area contributed by atoms with E-state index in [-0.39, 0.29) is 0 Å². The minimum Gasteiger partial charge on any atom is -0.361 e. The van der Waals surface area contributed by atoms with E-state index < -0.39 is 0 Å². The van der Waals surface area contributed by atoms with E-state index in [1.54, 1.807) is 11.3 Å². The normalized spacial score (nSPS) is 15.9. The zero-order valence-electron chi connectivity index (χ0n) is 11.5. The summed E-state index contributed by atoms with van der Waals surface area (Å²) < 4.78 is 7.08. The molecule has 4 rings (SSSR count). The van der Waals surface area contributed by atoms with E-state index in [9.17, 15) is 0 Å². The second kappa shape index (κ2) is 4.37. The van der Waals surface area contributed by atoms with Crippen LogP contribution in [0.5, 0.6) is 0 Å². The standard InChI is InChI=1S/C13H15N5OS/c1-7-10(8(2)19-17-7)6-11-14-15-13-18(11)16-12(20-13)9-4-3-5-9/h9H,3-6H2,1-2H3. The zero-order valence-corrected chi connectivity index (χ0v) is 12.3. The maximum atomic E-state index is 5.20. The fraction of sp³-hybridized carbons (Fsp3) is 0.538. The van der Waals surface area contributed by atoms with Crippen LogP contribution in [0.2, 0.25) is 0 Å². The van der Waals surface area contributed by atoms with Gasteiger partial charge in [0.2, 0.25) is 4.96 Å². The van der Waals surface area contributed by atoms with Crippen LogP contribution in [0.1, 0.15) is 53.0 Å². The van der Waals surface area contributed by atoms with Gasteiger partial charge in [0.15, 0.2) is 5.82 Å². The van der Waals surface area contributed by atoms with E-state index in [4.69, 9.17) is 9.62 Å². The fourth-order valence-corrected chi connectivity index (χ4v) is 3.54. The number of rotatable bonds is 3. The lowest BCUT2D eigenvalue weighted by molar-refractivity contribution is 0.392. The molecule has 3 aromatic rings. The average Bonchev–Trinajstić information content (AvgIpc) is 2.99. The summed E-state index contributed by atoms with van der Waals surface area (Å²) in [5.41, 5.74) is 1.99. The number of aryl methyl sites for hydroxylation is 2. The third-order valence-corrected chi connectivity index (χ3v) is 5.10. The van der Waals surface area contributed by atoms with Gasteiger partial charge in [-0.05, 0) is 26.7 Å². The van der Waals surface area contributed by atoms with Crippen molar-refractivity contribution in [2.75, 3.05) is 0 Å². The van der Waals surface area contributed by atoms with E-state index in [1.807, 2.05) is 18.4 Å². The molecule has 0 N–H and O–H groups in total. The Balaban J connectivity index is 1.71. The SMILES string of the molecule is Cc1noc(C)c1Cc1nnc2sc(C3CCC3)nn12. The maximum Gasteiger partial charge on any atom is 0.234 e. The quantitative estimate of drug-likeness (QED) is 0.741. The molecule has 6 nitrogen and oxygen atoms in total. The van der Waals surface area contributed by atoms with Crippen molar-refractivity contribution in [2.45, 2.75) is 45.4 Å². The molecule has 0 radical (unpaired) electrons. The molecular weight excluding hydrogens is 274 g/mol. The van der Waals surface area contributed by atoms with Crippen molar-refractivity contribution >= 4 is 16.3 Å². The molecular formula is C13H15N5OS. The van der Waals surface area contributed by atoms with Crippen LogP contribution < -0.4 is 0 Å². The topological polar surface area (TPSA) is 69.1 Å². The highest BCUT2D eigenvalue weighted by Crippen LogP contribution is 2.38. The van der Waals surface area contributed by atoms with Gasteiger partial charge in [0, 0.05) is 17.9 Å². The monoisotopic (exact) mass is 289 g/mol. The maximum absolute atomic E-state index is 5.20. The molecule has 3 aromatic heterocycles. The van der Waals surface area contributed by atoms with Gasteiger partial charge >= 0.3 is 0 Å². The first kappa shape index (κ1) is 12.0. The molecule has 0 atom stereocenters. The van der Waals surface area contributed by atoms with Gasteiger partial charge in [-0.2, -0.15) is 9.61 Å². The molecule has 104 valence electrons. The molecule has 0 bridgehead atoms. The van der Waals surface area contributed by atoms with Crippen molar-refractivity contribution in [3.05, 3.63) is 27.8 Å². The molecule has 0 saturated heterocycles. The lowest BCUT2D eigenvalue weighted by atomic mass is 9.86. The Morgan fingerprint density at radius 1 is 1.30 bits per heavy atom. The van der Waals surface area contributed by atoms with Crippen molar-refractivity contribution in [3.63, 3.8) is 0 Å². The fourth-order valence-electron chi connectivity index (χ4n) is 2.52. The lowest BCUT2D eigenvalue weighted by Crippen LogP contribution is -2.09. The van der Waals surface area contributed by atoms with Gasteiger partial charge in [-0.3, -0.25) is 0 Å². The number of aromatic nitrogens is 5. The van der Waals surface area contributed by atoms with Crippen LogP contribution in [0.3, 0.4) is 0 Å². The smallest absolute Gasteiger partial charge is 0.234 e. The Morgan fingerprint density at radius 2 is 2.15 bits per heavy atom. The molecule has 1 fully saturated rings. The first-order chi connectivity index (χ1) is 9.72. The Morgan fingerprint density at radius 3 is 2.80 bits per heavy atom. The summed E-state index contributed by atoms with van der Waals surface area (Å²) >= 11 is 1.66. The van der Waals surface area contributed by atoms with E-state index in [2.05, 4.69) is 15.4 Å². The first-order valence-electron chi connectivity index (χ1n) is 6.85. The number of nitrogens with zero attached hydrogens (tertiary/aromatic N) is 5. The molecule has 0 amide bonds.